The molecule has 0 aliphatic rings. The molecule has 1 N–H and O–H groups in total. The number of alkyl halides is 3. The first-order valence-electron chi connectivity index (χ1n) is 7.08. The lowest BCUT2D eigenvalue weighted by molar-refractivity contribution is -0.137. The van der Waals surface area contributed by atoms with Crippen LogP contribution in [0.2, 0.25) is 5.02 Å². The number of thioether (sulfide) groups is 1. The van der Waals surface area contributed by atoms with E-state index in [0.29, 0.717) is 0 Å². The lowest BCUT2D eigenvalue weighted by atomic mass is 10.2. The zero-order valence-corrected chi connectivity index (χ0v) is 14.5. The molecule has 0 aromatic heterocycles. The normalized spacial score (nSPS) is 12.8. The number of hydrogen-bond acceptors (Lipinski definition) is 2. The molecule has 1 atom stereocenters. The number of nitrogens with one attached hydrogen (secondary N) is 1. The molecule has 0 saturated heterocycles. The third-order valence-corrected chi connectivity index (χ3v) is 4.70. The fraction of sp³-hybridized carbons (Fsp3) is 0.235. The number of anilines is 1. The van der Waals surface area contributed by atoms with E-state index in [1.165, 1.54) is 11.8 Å². The van der Waals surface area contributed by atoms with Crippen molar-refractivity contribution in [3.8, 4) is 0 Å². The van der Waals surface area contributed by atoms with E-state index in [1.54, 1.807) is 6.92 Å². The van der Waals surface area contributed by atoms with Crippen molar-refractivity contribution in [2.45, 2.75) is 30.2 Å². The maximum absolute atomic E-state index is 12.8. The minimum absolute atomic E-state index is 0.0483. The molecule has 0 spiro atoms. The molecular weight excluding hydrogens is 359 g/mol. The van der Waals surface area contributed by atoms with E-state index in [2.05, 4.69) is 5.32 Å². The Labute approximate surface area is 147 Å². The summed E-state index contributed by atoms with van der Waals surface area (Å²) in [6, 6.07) is 10.5. The Morgan fingerprint density at radius 1 is 1.17 bits per heavy atom. The van der Waals surface area contributed by atoms with Crippen LogP contribution in [0.3, 0.4) is 0 Å². The van der Waals surface area contributed by atoms with Crippen molar-refractivity contribution in [3.05, 3.63) is 58.6 Å². The number of halogens is 4. The van der Waals surface area contributed by atoms with Gasteiger partial charge in [-0.05, 0) is 44.2 Å². The third kappa shape index (κ3) is 4.92. The van der Waals surface area contributed by atoms with Gasteiger partial charge in [0.2, 0.25) is 5.91 Å². The molecule has 2 aromatic carbocycles. The highest BCUT2D eigenvalue weighted by molar-refractivity contribution is 8.00. The van der Waals surface area contributed by atoms with Crippen LogP contribution < -0.4 is 5.32 Å². The molecule has 0 heterocycles. The van der Waals surface area contributed by atoms with Gasteiger partial charge in [0.15, 0.2) is 0 Å². The molecule has 0 aliphatic carbocycles. The number of benzene rings is 2. The van der Waals surface area contributed by atoms with Crippen LogP contribution in [0, 0.1) is 6.92 Å². The highest BCUT2D eigenvalue weighted by Gasteiger charge is 2.31. The van der Waals surface area contributed by atoms with Crippen molar-refractivity contribution in [1.29, 1.82) is 0 Å². The van der Waals surface area contributed by atoms with Crippen LogP contribution in [-0.2, 0) is 11.0 Å². The standard InChI is InChI=1S/C17H15ClF3NOS/c1-10-3-6-13(7-4-10)24-11(2)16(23)22-15-9-12(17(19,20)21)5-8-14(15)18/h3-9,11H,1-2H3,(H,22,23)/t11-/m0/s1. The summed E-state index contributed by atoms with van der Waals surface area (Å²) in [4.78, 5) is 13.1. The molecule has 2 rings (SSSR count). The maximum Gasteiger partial charge on any atom is 0.416 e. The van der Waals surface area contributed by atoms with Crippen LogP contribution in [0.4, 0.5) is 18.9 Å². The van der Waals surface area contributed by atoms with Gasteiger partial charge in [-0.25, -0.2) is 0 Å². The molecule has 0 unspecified atom stereocenters. The Hall–Kier alpha value is -1.66. The van der Waals surface area contributed by atoms with Gasteiger partial charge in [-0.3, -0.25) is 4.79 Å². The Bertz CT molecular complexity index is 732. The first-order valence-corrected chi connectivity index (χ1v) is 8.33. The second-order valence-corrected chi connectivity index (χ2v) is 7.08. The second-order valence-electron chi connectivity index (χ2n) is 5.25. The maximum atomic E-state index is 12.8. The number of hydrogen-bond donors (Lipinski definition) is 1. The van der Waals surface area contributed by atoms with Gasteiger partial charge < -0.3 is 5.32 Å². The third-order valence-electron chi connectivity index (χ3n) is 3.25. The number of rotatable bonds is 4. The molecule has 0 aliphatic heterocycles. The summed E-state index contributed by atoms with van der Waals surface area (Å²) in [6.07, 6.45) is -4.49. The minimum atomic E-state index is -4.49. The van der Waals surface area contributed by atoms with Gasteiger partial charge in [0.1, 0.15) is 0 Å². The monoisotopic (exact) mass is 373 g/mol. The van der Waals surface area contributed by atoms with Crippen LogP contribution in [0.1, 0.15) is 18.1 Å². The number of carbonyl (C=O) groups excluding carboxylic acids is 1. The highest BCUT2D eigenvalue weighted by Crippen LogP contribution is 2.34. The van der Waals surface area contributed by atoms with Crippen molar-refractivity contribution < 1.29 is 18.0 Å². The van der Waals surface area contributed by atoms with Gasteiger partial charge in [0.25, 0.3) is 0 Å². The minimum Gasteiger partial charge on any atom is -0.324 e. The molecule has 0 radical (unpaired) electrons. The topological polar surface area (TPSA) is 29.1 Å². The van der Waals surface area contributed by atoms with Crippen LogP contribution in [-0.4, -0.2) is 11.2 Å². The lowest BCUT2D eigenvalue weighted by Crippen LogP contribution is -2.22. The fourth-order valence-electron chi connectivity index (χ4n) is 1.91. The zero-order chi connectivity index (χ0) is 17.9. The fourth-order valence-corrected chi connectivity index (χ4v) is 2.94. The van der Waals surface area contributed by atoms with Crippen molar-refractivity contribution in [1.82, 2.24) is 0 Å². The first-order chi connectivity index (χ1) is 11.2. The van der Waals surface area contributed by atoms with Gasteiger partial charge in [-0.2, -0.15) is 13.2 Å². The molecule has 0 saturated carbocycles. The summed E-state index contributed by atoms with van der Waals surface area (Å²) in [6.45, 7) is 3.64. The van der Waals surface area contributed by atoms with E-state index >= 15 is 0 Å². The van der Waals surface area contributed by atoms with E-state index in [9.17, 15) is 18.0 Å². The Morgan fingerprint density at radius 2 is 1.79 bits per heavy atom. The van der Waals surface area contributed by atoms with Crippen molar-refractivity contribution in [3.63, 3.8) is 0 Å². The molecule has 0 bridgehead atoms. The van der Waals surface area contributed by atoms with Crippen molar-refractivity contribution in [2.24, 2.45) is 0 Å². The van der Waals surface area contributed by atoms with E-state index in [4.69, 9.17) is 11.6 Å². The zero-order valence-electron chi connectivity index (χ0n) is 12.9. The average molecular weight is 374 g/mol. The largest absolute Gasteiger partial charge is 0.416 e. The van der Waals surface area contributed by atoms with Crippen LogP contribution in [0.5, 0.6) is 0 Å². The number of carbonyl (C=O) groups is 1. The van der Waals surface area contributed by atoms with Gasteiger partial charge in [-0.15, -0.1) is 11.8 Å². The quantitative estimate of drug-likeness (QED) is 0.687. The summed E-state index contributed by atoms with van der Waals surface area (Å²) in [5.41, 5.74) is 0.195. The smallest absolute Gasteiger partial charge is 0.324 e. The SMILES string of the molecule is Cc1ccc(S[C@@H](C)C(=O)Nc2cc(C(F)(F)F)ccc2Cl)cc1. The predicted molar refractivity (Wildman–Crippen MR) is 91.6 cm³/mol. The highest BCUT2D eigenvalue weighted by atomic mass is 35.5. The van der Waals surface area contributed by atoms with E-state index < -0.39 is 22.9 Å². The van der Waals surface area contributed by atoms with Crippen LogP contribution in [0.15, 0.2) is 47.4 Å². The Morgan fingerprint density at radius 3 is 2.38 bits per heavy atom. The average Bonchev–Trinajstić information content (AvgIpc) is 2.50. The molecule has 24 heavy (non-hydrogen) atoms. The summed E-state index contributed by atoms with van der Waals surface area (Å²) in [7, 11) is 0. The summed E-state index contributed by atoms with van der Waals surface area (Å²) < 4.78 is 38.3. The molecular formula is C17H15ClF3NOS. The second kappa shape index (κ2) is 7.49. The van der Waals surface area contributed by atoms with Crippen LogP contribution in [0.25, 0.3) is 0 Å². The van der Waals surface area contributed by atoms with Gasteiger partial charge >= 0.3 is 6.18 Å². The van der Waals surface area contributed by atoms with E-state index in [-0.39, 0.29) is 10.7 Å². The first kappa shape index (κ1) is 18.7. The summed E-state index contributed by atoms with van der Waals surface area (Å²) in [5, 5.41) is 2.03. The molecule has 2 aromatic rings. The molecule has 1 amide bonds. The lowest BCUT2D eigenvalue weighted by Gasteiger charge is -2.15. The molecule has 2 nitrogen and oxygen atoms in total. The van der Waals surface area contributed by atoms with Gasteiger partial charge in [0, 0.05) is 4.90 Å². The van der Waals surface area contributed by atoms with Crippen molar-refractivity contribution >= 4 is 35.0 Å². The number of amides is 1. The molecule has 0 fully saturated rings. The Balaban J connectivity index is 2.09. The summed E-state index contributed by atoms with van der Waals surface area (Å²) >= 11 is 7.20. The van der Waals surface area contributed by atoms with E-state index in [0.717, 1.165) is 28.7 Å². The Kier molecular flexibility index (Phi) is 5.83. The number of aryl methyl sites for hydroxylation is 1. The van der Waals surface area contributed by atoms with Gasteiger partial charge in [0.05, 0.1) is 21.5 Å². The molecule has 128 valence electrons. The van der Waals surface area contributed by atoms with Crippen molar-refractivity contribution in [2.75, 3.05) is 5.32 Å². The van der Waals surface area contributed by atoms with Crippen LogP contribution >= 0.6 is 23.4 Å². The predicted octanol–water partition coefficient (Wildman–Crippen LogP) is 5.79. The molecule has 7 heteroatoms. The van der Waals surface area contributed by atoms with Gasteiger partial charge in [-0.1, -0.05) is 29.3 Å². The summed E-state index contributed by atoms with van der Waals surface area (Å²) in [5.74, 6) is -0.415. The van der Waals surface area contributed by atoms with E-state index in [1.807, 2.05) is 31.2 Å².